The first-order valence-electron chi connectivity index (χ1n) is 4.80. The molecular weight excluding hydrogens is 168 g/mol. The van der Waals surface area contributed by atoms with Gasteiger partial charge in [0.25, 0.3) is 0 Å². The highest BCUT2D eigenvalue weighted by Gasteiger charge is 1.98. The van der Waals surface area contributed by atoms with Gasteiger partial charge in [-0.05, 0) is 13.5 Å². The van der Waals surface area contributed by atoms with Crippen LogP contribution < -0.4 is 10.6 Å². The molecular formula is C9H20N2O2. The summed E-state index contributed by atoms with van der Waals surface area (Å²) in [5.74, 6) is 0.0753. The van der Waals surface area contributed by atoms with Crippen molar-refractivity contribution in [1.82, 2.24) is 10.6 Å². The Morgan fingerprint density at radius 1 is 1.31 bits per heavy atom. The number of rotatable bonds is 8. The van der Waals surface area contributed by atoms with E-state index in [1.165, 1.54) is 0 Å². The summed E-state index contributed by atoms with van der Waals surface area (Å²) in [6, 6.07) is 0. The molecule has 0 saturated carbocycles. The van der Waals surface area contributed by atoms with Crippen LogP contribution in [-0.2, 0) is 9.53 Å². The van der Waals surface area contributed by atoms with Crippen LogP contribution in [0.5, 0.6) is 0 Å². The maximum Gasteiger partial charge on any atom is 0.222 e. The molecule has 0 aliphatic carbocycles. The van der Waals surface area contributed by atoms with Crippen LogP contribution in [0.25, 0.3) is 0 Å². The largest absolute Gasteiger partial charge is 0.380 e. The first-order valence-corrected chi connectivity index (χ1v) is 4.80. The van der Waals surface area contributed by atoms with Gasteiger partial charge in [-0.25, -0.2) is 0 Å². The minimum absolute atomic E-state index is 0.0753. The topological polar surface area (TPSA) is 50.4 Å². The van der Waals surface area contributed by atoms with E-state index in [0.29, 0.717) is 19.6 Å². The van der Waals surface area contributed by atoms with Crippen molar-refractivity contribution in [3.05, 3.63) is 0 Å². The summed E-state index contributed by atoms with van der Waals surface area (Å²) >= 11 is 0. The molecule has 0 aliphatic rings. The molecule has 0 aromatic heterocycles. The van der Waals surface area contributed by atoms with E-state index in [9.17, 15) is 4.79 Å². The van der Waals surface area contributed by atoms with E-state index in [1.807, 2.05) is 14.0 Å². The third-order valence-electron chi connectivity index (χ3n) is 1.54. The molecule has 0 radical (unpaired) electrons. The summed E-state index contributed by atoms with van der Waals surface area (Å²) in [4.78, 5) is 11.0. The maximum atomic E-state index is 11.0. The molecule has 0 saturated heterocycles. The van der Waals surface area contributed by atoms with Gasteiger partial charge in [0.05, 0.1) is 13.2 Å². The molecule has 0 aliphatic heterocycles. The average Bonchev–Trinajstić information content (AvgIpc) is 2.14. The van der Waals surface area contributed by atoms with Crippen molar-refractivity contribution >= 4 is 5.91 Å². The van der Waals surface area contributed by atoms with Gasteiger partial charge < -0.3 is 15.4 Å². The Morgan fingerprint density at radius 2 is 2.08 bits per heavy atom. The van der Waals surface area contributed by atoms with Crippen LogP contribution in [0.4, 0.5) is 0 Å². The predicted octanol–water partition coefficient (Wildman–Crippen LogP) is 0.139. The van der Waals surface area contributed by atoms with E-state index < -0.39 is 0 Å². The highest BCUT2D eigenvalue weighted by atomic mass is 16.5. The highest BCUT2D eigenvalue weighted by Crippen LogP contribution is 1.83. The Hall–Kier alpha value is -0.610. The van der Waals surface area contributed by atoms with Gasteiger partial charge in [-0.15, -0.1) is 0 Å². The molecule has 78 valence electrons. The van der Waals surface area contributed by atoms with E-state index in [1.54, 1.807) is 0 Å². The van der Waals surface area contributed by atoms with Crippen molar-refractivity contribution in [3.63, 3.8) is 0 Å². The molecule has 2 N–H and O–H groups in total. The second-order valence-electron chi connectivity index (χ2n) is 2.82. The molecule has 0 aromatic carbocycles. The van der Waals surface area contributed by atoms with Crippen molar-refractivity contribution < 1.29 is 9.53 Å². The number of carbonyl (C=O) groups excluding carboxylic acids is 1. The molecule has 0 fully saturated rings. The van der Waals surface area contributed by atoms with Gasteiger partial charge in [0.1, 0.15) is 0 Å². The predicted molar refractivity (Wildman–Crippen MR) is 52.7 cm³/mol. The second-order valence-corrected chi connectivity index (χ2v) is 2.82. The molecule has 0 aromatic rings. The number of nitrogens with one attached hydrogen (secondary N) is 2. The van der Waals surface area contributed by atoms with E-state index in [0.717, 1.165) is 19.5 Å². The first-order chi connectivity index (χ1) is 6.31. The molecule has 0 spiro atoms. The Balaban J connectivity index is 3.08. The second kappa shape index (κ2) is 9.48. The van der Waals surface area contributed by atoms with Crippen LogP contribution in [0.1, 0.15) is 19.8 Å². The lowest BCUT2D eigenvalue weighted by atomic mass is 10.4. The van der Waals surface area contributed by atoms with Crippen molar-refractivity contribution in [3.8, 4) is 0 Å². The molecule has 0 heterocycles. The molecule has 4 heteroatoms. The van der Waals surface area contributed by atoms with Crippen LogP contribution in [0.15, 0.2) is 0 Å². The van der Waals surface area contributed by atoms with Gasteiger partial charge in [0.2, 0.25) is 5.91 Å². The molecule has 4 nitrogen and oxygen atoms in total. The maximum absolute atomic E-state index is 11.0. The van der Waals surface area contributed by atoms with Crippen LogP contribution in [-0.4, -0.2) is 39.3 Å². The first kappa shape index (κ1) is 12.4. The molecule has 0 unspecified atom stereocenters. The summed E-state index contributed by atoms with van der Waals surface area (Å²) in [7, 11) is 1.87. The summed E-state index contributed by atoms with van der Waals surface area (Å²) in [6.07, 6.45) is 1.44. The van der Waals surface area contributed by atoms with E-state index in [4.69, 9.17) is 4.74 Å². The zero-order valence-corrected chi connectivity index (χ0v) is 8.56. The van der Waals surface area contributed by atoms with Crippen LogP contribution in [0, 0.1) is 0 Å². The fourth-order valence-corrected chi connectivity index (χ4v) is 0.794. The van der Waals surface area contributed by atoms with E-state index >= 15 is 0 Å². The Morgan fingerprint density at radius 3 is 2.69 bits per heavy atom. The van der Waals surface area contributed by atoms with Crippen molar-refractivity contribution in [2.75, 3.05) is 33.4 Å². The lowest BCUT2D eigenvalue weighted by Gasteiger charge is -2.04. The standard InChI is InChI=1S/C9H20N2O2/c1-3-5-11-9(12)4-7-13-8-6-10-2/h10H,3-8H2,1-2H3,(H,11,12). The molecule has 0 atom stereocenters. The van der Waals surface area contributed by atoms with Crippen molar-refractivity contribution in [1.29, 1.82) is 0 Å². The lowest BCUT2D eigenvalue weighted by molar-refractivity contribution is -0.122. The SMILES string of the molecule is CCCNC(=O)CCOCCNC. The summed E-state index contributed by atoms with van der Waals surface area (Å²) in [5, 5.41) is 5.75. The monoisotopic (exact) mass is 188 g/mol. The lowest BCUT2D eigenvalue weighted by Crippen LogP contribution is -2.25. The van der Waals surface area contributed by atoms with Gasteiger partial charge in [-0.3, -0.25) is 4.79 Å². The van der Waals surface area contributed by atoms with Crippen LogP contribution >= 0.6 is 0 Å². The highest BCUT2D eigenvalue weighted by molar-refractivity contribution is 5.75. The number of hydrogen-bond acceptors (Lipinski definition) is 3. The van der Waals surface area contributed by atoms with Crippen molar-refractivity contribution in [2.24, 2.45) is 0 Å². The number of amides is 1. The average molecular weight is 188 g/mol. The third kappa shape index (κ3) is 9.30. The summed E-state index contributed by atoms with van der Waals surface area (Å²) in [6.45, 7) is 4.80. The van der Waals surface area contributed by atoms with Gasteiger partial charge >= 0.3 is 0 Å². The summed E-state index contributed by atoms with van der Waals surface area (Å²) in [5.41, 5.74) is 0. The van der Waals surface area contributed by atoms with Gasteiger partial charge in [0, 0.05) is 19.5 Å². The number of likely N-dealkylation sites (N-methyl/N-ethyl adjacent to an activating group) is 1. The van der Waals surface area contributed by atoms with Crippen molar-refractivity contribution in [2.45, 2.75) is 19.8 Å². The third-order valence-corrected chi connectivity index (χ3v) is 1.54. The fraction of sp³-hybridized carbons (Fsp3) is 0.889. The minimum atomic E-state index is 0.0753. The Labute approximate surface area is 80.0 Å². The van der Waals surface area contributed by atoms with Gasteiger partial charge in [0.15, 0.2) is 0 Å². The quantitative estimate of drug-likeness (QED) is 0.533. The van der Waals surface area contributed by atoms with E-state index in [2.05, 4.69) is 10.6 Å². The Bertz CT molecular complexity index is 129. The zero-order valence-electron chi connectivity index (χ0n) is 8.56. The Kier molecular flexibility index (Phi) is 9.03. The normalized spacial score (nSPS) is 10.0. The smallest absolute Gasteiger partial charge is 0.222 e. The summed E-state index contributed by atoms with van der Waals surface area (Å²) < 4.78 is 5.20. The number of ether oxygens (including phenoxy) is 1. The number of hydrogen-bond donors (Lipinski definition) is 2. The fourth-order valence-electron chi connectivity index (χ4n) is 0.794. The zero-order chi connectivity index (χ0) is 9.94. The van der Waals surface area contributed by atoms with Gasteiger partial charge in [-0.2, -0.15) is 0 Å². The van der Waals surface area contributed by atoms with Crippen LogP contribution in [0.3, 0.4) is 0 Å². The molecule has 1 amide bonds. The van der Waals surface area contributed by atoms with E-state index in [-0.39, 0.29) is 5.91 Å². The molecule has 0 rings (SSSR count). The van der Waals surface area contributed by atoms with Gasteiger partial charge in [-0.1, -0.05) is 6.92 Å². The van der Waals surface area contributed by atoms with Crippen LogP contribution in [0.2, 0.25) is 0 Å². The number of carbonyl (C=O) groups is 1. The molecule has 13 heavy (non-hydrogen) atoms. The molecule has 0 bridgehead atoms. The minimum Gasteiger partial charge on any atom is -0.380 e.